The van der Waals surface area contributed by atoms with Gasteiger partial charge in [0.05, 0.1) is 6.54 Å². The van der Waals surface area contributed by atoms with E-state index >= 15 is 0 Å². The van der Waals surface area contributed by atoms with Crippen molar-refractivity contribution >= 4 is 40.5 Å². The lowest BCUT2D eigenvalue weighted by molar-refractivity contribution is -0.117. The van der Waals surface area contributed by atoms with Crippen LogP contribution >= 0.6 is 23.8 Å². The van der Waals surface area contributed by atoms with Gasteiger partial charge in [-0.15, -0.1) is 0 Å². The molecule has 1 amide bonds. The SMILES string of the molecule is C[C@H]1CC(C)(C)NC(=S)N1CC(=O)Nc1cccc(Cl)c1. The molecular formula is C15H20ClN3OS. The summed E-state index contributed by atoms with van der Waals surface area (Å²) in [4.78, 5) is 14.1. The Labute approximate surface area is 135 Å². The molecule has 1 fully saturated rings. The first-order chi connectivity index (χ1) is 9.77. The van der Waals surface area contributed by atoms with Crippen LogP contribution in [-0.2, 0) is 4.79 Å². The van der Waals surface area contributed by atoms with Gasteiger partial charge in [-0.2, -0.15) is 0 Å². The molecule has 1 heterocycles. The number of thiocarbonyl (C=S) groups is 1. The summed E-state index contributed by atoms with van der Waals surface area (Å²) in [5.74, 6) is -0.104. The van der Waals surface area contributed by atoms with E-state index in [1.54, 1.807) is 18.2 Å². The van der Waals surface area contributed by atoms with Crippen molar-refractivity contribution in [1.29, 1.82) is 0 Å². The van der Waals surface area contributed by atoms with E-state index < -0.39 is 0 Å². The van der Waals surface area contributed by atoms with Crippen LogP contribution in [0.3, 0.4) is 0 Å². The molecule has 0 radical (unpaired) electrons. The van der Waals surface area contributed by atoms with Crippen molar-refractivity contribution in [2.75, 3.05) is 11.9 Å². The summed E-state index contributed by atoms with van der Waals surface area (Å²) in [6.45, 7) is 6.54. The topological polar surface area (TPSA) is 44.4 Å². The number of carbonyl (C=O) groups is 1. The van der Waals surface area contributed by atoms with Gasteiger partial charge in [-0.1, -0.05) is 17.7 Å². The Kier molecular flexibility index (Phi) is 4.74. The fourth-order valence-electron chi connectivity index (χ4n) is 2.61. The maximum absolute atomic E-state index is 12.2. The van der Waals surface area contributed by atoms with Crippen LogP contribution in [0.15, 0.2) is 24.3 Å². The minimum atomic E-state index is -0.104. The van der Waals surface area contributed by atoms with Crippen LogP contribution in [0.25, 0.3) is 0 Å². The second kappa shape index (κ2) is 6.20. The quantitative estimate of drug-likeness (QED) is 0.838. The largest absolute Gasteiger partial charge is 0.358 e. The molecule has 0 unspecified atom stereocenters. The van der Waals surface area contributed by atoms with Crippen LogP contribution in [0.5, 0.6) is 0 Å². The molecule has 2 rings (SSSR count). The molecule has 1 atom stereocenters. The minimum absolute atomic E-state index is 0.0313. The lowest BCUT2D eigenvalue weighted by atomic mass is 9.93. The van der Waals surface area contributed by atoms with Gasteiger partial charge in [-0.3, -0.25) is 4.79 Å². The van der Waals surface area contributed by atoms with Crippen molar-refractivity contribution in [3.63, 3.8) is 0 Å². The molecule has 6 heteroatoms. The molecule has 1 saturated heterocycles. The Bertz CT molecular complexity index is 562. The summed E-state index contributed by atoms with van der Waals surface area (Å²) >= 11 is 11.3. The van der Waals surface area contributed by atoms with Crippen molar-refractivity contribution in [1.82, 2.24) is 10.2 Å². The molecule has 2 N–H and O–H groups in total. The first-order valence-corrected chi connectivity index (χ1v) is 7.70. The number of hydrogen-bond acceptors (Lipinski definition) is 2. The predicted octanol–water partition coefficient (Wildman–Crippen LogP) is 3.03. The second-order valence-electron chi connectivity index (χ2n) is 6.05. The minimum Gasteiger partial charge on any atom is -0.358 e. The normalized spacial score (nSPS) is 20.9. The monoisotopic (exact) mass is 325 g/mol. The zero-order valence-corrected chi connectivity index (χ0v) is 14.0. The summed E-state index contributed by atoms with van der Waals surface area (Å²) in [6.07, 6.45) is 0.928. The highest BCUT2D eigenvalue weighted by molar-refractivity contribution is 7.80. The molecule has 1 aromatic rings. The molecule has 4 nitrogen and oxygen atoms in total. The van der Waals surface area contributed by atoms with Crippen molar-refractivity contribution in [3.8, 4) is 0 Å². The molecular weight excluding hydrogens is 306 g/mol. The van der Waals surface area contributed by atoms with Crippen LogP contribution in [-0.4, -0.2) is 34.0 Å². The Hall–Kier alpha value is -1.33. The molecule has 0 aromatic heterocycles. The van der Waals surface area contributed by atoms with E-state index in [0.717, 1.165) is 6.42 Å². The van der Waals surface area contributed by atoms with Crippen LogP contribution < -0.4 is 10.6 Å². The van der Waals surface area contributed by atoms with Gasteiger partial charge in [-0.05, 0) is 57.6 Å². The first-order valence-electron chi connectivity index (χ1n) is 6.91. The van der Waals surface area contributed by atoms with E-state index in [1.165, 1.54) is 0 Å². The van der Waals surface area contributed by atoms with Gasteiger partial charge in [-0.25, -0.2) is 0 Å². The zero-order valence-electron chi connectivity index (χ0n) is 12.4. The van der Waals surface area contributed by atoms with E-state index in [-0.39, 0.29) is 24.0 Å². The summed E-state index contributed by atoms with van der Waals surface area (Å²) in [7, 11) is 0. The molecule has 0 aliphatic carbocycles. The number of nitrogens with zero attached hydrogens (tertiary/aromatic N) is 1. The highest BCUT2D eigenvalue weighted by Crippen LogP contribution is 2.22. The van der Waals surface area contributed by atoms with Crippen LogP contribution in [0.4, 0.5) is 5.69 Å². The number of amides is 1. The van der Waals surface area contributed by atoms with Crippen LogP contribution in [0, 0.1) is 0 Å². The molecule has 0 bridgehead atoms. The molecule has 0 spiro atoms. The Morgan fingerprint density at radius 3 is 2.90 bits per heavy atom. The molecule has 1 aliphatic heterocycles. The molecule has 0 saturated carbocycles. The van der Waals surface area contributed by atoms with Gasteiger partial charge in [0.25, 0.3) is 0 Å². The summed E-state index contributed by atoms with van der Waals surface area (Å²) in [5.41, 5.74) is 0.660. The summed E-state index contributed by atoms with van der Waals surface area (Å²) in [5, 5.41) is 7.33. The van der Waals surface area contributed by atoms with E-state index in [4.69, 9.17) is 23.8 Å². The standard InChI is InChI=1S/C15H20ClN3OS/c1-10-8-15(2,3)18-14(21)19(10)9-13(20)17-12-6-4-5-11(16)7-12/h4-7,10H,8-9H2,1-3H3,(H,17,20)(H,18,21)/t10-/m0/s1. The van der Waals surface area contributed by atoms with Gasteiger partial charge in [0.15, 0.2) is 5.11 Å². The van der Waals surface area contributed by atoms with Gasteiger partial charge in [0, 0.05) is 22.3 Å². The third-order valence-corrected chi connectivity index (χ3v) is 4.04. The van der Waals surface area contributed by atoms with E-state index in [0.29, 0.717) is 15.8 Å². The molecule has 1 aliphatic rings. The maximum Gasteiger partial charge on any atom is 0.243 e. The fraction of sp³-hybridized carbons (Fsp3) is 0.467. The predicted molar refractivity (Wildman–Crippen MR) is 90.7 cm³/mol. The lowest BCUT2D eigenvalue weighted by Crippen LogP contribution is -2.61. The number of carbonyl (C=O) groups excluding carboxylic acids is 1. The lowest BCUT2D eigenvalue weighted by Gasteiger charge is -2.44. The average Bonchev–Trinajstić information content (AvgIpc) is 2.32. The Balaban J connectivity index is 1.98. The Morgan fingerprint density at radius 1 is 1.57 bits per heavy atom. The highest BCUT2D eigenvalue weighted by Gasteiger charge is 2.33. The third-order valence-electron chi connectivity index (χ3n) is 3.47. The van der Waals surface area contributed by atoms with Crippen molar-refractivity contribution < 1.29 is 4.79 Å². The fourth-order valence-corrected chi connectivity index (χ4v) is 3.32. The first kappa shape index (κ1) is 16.0. The molecule has 21 heavy (non-hydrogen) atoms. The second-order valence-corrected chi connectivity index (χ2v) is 6.88. The smallest absolute Gasteiger partial charge is 0.243 e. The van der Waals surface area contributed by atoms with Crippen LogP contribution in [0.1, 0.15) is 27.2 Å². The summed E-state index contributed by atoms with van der Waals surface area (Å²) in [6, 6.07) is 7.32. The number of anilines is 1. The zero-order chi connectivity index (χ0) is 15.6. The number of rotatable bonds is 3. The van der Waals surface area contributed by atoms with Gasteiger partial charge in [0.1, 0.15) is 0 Å². The number of nitrogens with one attached hydrogen (secondary N) is 2. The number of halogens is 1. The Morgan fingerprint density at radius 2 is 2.29 bits per heavy atom. The van der Waals surface area contributed by atoms with E-state index in [1.807, 2.05) is 11.0 Å². The van der Waals surface area contributed by atoms with Crippen LogP contribution in [0.2, 0.25) is 5.02 Å². The molecule has 1 aromatic carbocycles. The van der Waals surface area contributed by atoms with E-state index in [9.17, 15) is 4.79 Å². The van der Waals surface area contributed by atoms with Crippen molar-refractivity contribution in [3.05, 3.63) is 29.3 Å². The third kappa shape index (κ3) is 4.32. The van der Waals surface area contributed by atoms with Gasteiger partial charge < -0.3 is 15.5 Å². The number of hydrogen-bond donors (Lipinski definition) is 2. The highest BCUT2D eigenvalue weighted by atomic mass is 35.5. The molecule has 114 valence electrons. The van der Waals surface area contributed by atoms with Crippen molar-refractivity contribution in [2.45, 2.75) is 38.8 Å². The van der Waals surface area contributed by atoms with Crippen molar-refractivity contribution in [2.24, 2.45) is 0 Å². The maximum atomic E-state index is 12.2. The summed E-state index contributed by atoms with van der Waals surface area (Å²) < 4.78 is 0. The van der Waals surface area contributed by atoms with Gasteiger partial charge >= 0.3 is 0 Å². The average molecular weight is 326 g/mol. The van der Waals surface area contributed by atoms with E-state index in [2.05, 4.69) is 31.4 Å². The van der Waals surface area contributed by atoms with Gasteiger partial charge in [0.2, 0.25) is 5.91 Å². The number of benzene rings is 1.